The number of likely N-dealkylation sites (N-methyl/N-ethyl adjacent to an activating group) is 2. The van der Waals surface area contributed by atoms with E-state index in [-0.39, 0.29) is 59.8 Å². The Balaban J connectivity index is 1.65. The molecule has 0 aromatic heterocycles. The molecular weight excluding hydrogens is 879 g/mol. The molecule has 67 heavy (non-hydrogen) atoms. The second kappa shape index (κ2) is 27.5. The number of rotatable bonds is 25. The van der Waals surface area contributed by atoms with Crippen molar-refractivity contribution in [1.29, 1.82) is 0 Å². The van der Waals surface area contributed by atoms with E-state index < -0.39 is 88.0 Å². The van der Waals surface area contributed by atoms with E-state index in [1.54, 1.807) is 0 Å². The number of carbonyl (C=O) groups is 7. The first-order valence-corrected chi connectivity index (χ1v) is 25.9. The molecule has 6 N–H and O–H groups in total. The number of unbranched alkanes of at least 4 members (excludes halogenated alkanes) is 12. The average molecular weight is 954 g/mol. The minimum atomic E-state index is -3.03. The highest BCUT2D eigenvalue weighted by Gasteiger charge is 2.34. The molecule has 1 unspecified atom stereocenters. The Labute approximate surface area is 397 Å². The monoisotopic (exact) mass is 954 g/mol. The Kier molecular flexibility index (Phi) is 23.0. The van der Waals surface area contributed by atoms with Crippen LogP contribution in [0.3, 0.4) is 0 Å². The fraction of sp³-hybridized carbons (Fsp3) is 0.600. The van der Waals surface area contributed by atoms with Gasteiger partial charge in [-0.3, -0.25) is 38.3 Å². The SMILES string of the molecule is C=S(C)(=O)NC(=O)[C@@H]1Cc2ccc(O)c(c2)-c2cc(ccc2O)[C@H](N(C)C(=O)CCC(=O)[C@@H](C)NC(=O)[C@@H](CO)N(C)C(=O)CCCCCCCCCCCCCCC)C(=O)C[C@@H](C)C(=O)N1. The molecule has 17 heteroatoms. The first-order valence-electron chi connectivity index (χ1n) is 23.8. The van der Waals surface area contributed by atoms with Crippen molar-refractivity contribution in [3.05, 3.63) is 47.5 Å². The molecule has 6 atom stereocenters. The van der Waals surface area contributed by atoms with E-state index in [1.165, 1.54) is 133 Å². The molecule has 1 aliphatic rings. The van der Waals surface area contributed by atoms with Gasteiger partial charge in [-0.25, -0.2) is 4.21 Å². The number of nitrogens with zero attached hydrogens (tertiary/aromatic N) is 2. The summed E-state index contributed by atoms with van der Waals surface area (Å²) < 4.78 is 14.7. The van der Waals surface area contributed by atoms with Crippen LogP contribution in [0.1, 0.15) is 147 Å². The third-order valence-corrected chi connectivity index (χ3v) is 13.0. The Morgan fingerprint density at radius 2 is 1.36 bits per heavy atom. The van der Waals surface area contributed by atoms with Gasteiger partial charge in [-0.15, -0.1) is 0 Å². The summed E-state index contributed by atoms with van der Waals surface area (Å²) in [5, 5.41) is 37.2. The van der Waals surface area contributed by atoms with Crippen molar-refractivity contribution < 1.29 is 53.1 Å². The number of hydrogen-bond donors (Lipinski definition) is 6. The maximum absolute atomic E-state index is 14.2. The van der Waals surface area contributed by atoms with Crippen LogP contribution in [-0.2, 0) is 49.7 Å². The molecule has 2 aromatic carbocycles. The lowest BCUT2D eigenvalue weighted by molar-refractivity contribution is -0.142. The van der Waals surface area contributed by atoms with Gasteiger partial charge < -0.3 is 35.8 Å². The molecule has 0 aliphatic carbocycles. The molecule has 5 amide bonds. The fourth-order valence-corrected chi connectivity index (χ4v) is 8.79. The van der Waals surface area contributed by atoms with E-state index in [9.17, 15) is 53.1 Å². The minimum absolute atomic E-state index is 0.104. The van der Waals surface area contributed by atoms with Crippen molar-refractivity contribution >= 4 is 56.7 Å². The molecule has 1 aliphatic heterocycles. The van der Waals surface area contributed by atoms with Crippen LogP contribution in [0.15, 0.2) is 36.4 Å². The number of aromatic hydroxyl groups is 2. The third kappa shape index (κ3) is 18.0. The molecule has 372 valence electrons. The molecule has 0 fully saturated rings. The Hall–Kier alpha value is -5.29. The molecule has 16 nitrogen and oxygen atoms in total. The zero-order chi connectivity index (χ0) is 49.8. The summed E-state index contributed by atoms with van der Waals surface area (Å²) in [6.07, 6.45) is 15.4. The number of ketones is 2. The molecule has 0 saturated carbocycles. The molecule has 2 aromatic rings. The normalized spacial score (nSPS) is 18.0. The van der Waals surface area contributed by atoms with Gasteiger partial charge in [0.15, 0.2) is 11.6 Å². The molecule has 4 bridgehead atoms. The first-order chi connectivity index (χ1) is 31.7. The largest absolute Gasteiger partial charge is 0.507 e. The lowest BCUT2D eigenvalue weighted by Crippen LogP contribution is -2.53. The van der Waals surface area contributed by atoms with Crippen molar-refractivity contribution in [3.63, 3.8) is 0 Å². The van der Waals surface area contributed by atoms with Crippen LogP contribution < -0.4 is 15.4 Å². The van der Waals surface area contributed by atoms with Gasteiger partial charge >= 0.3 is 0 Å². The predicted octanol–water partition coefficient (Wildman–Crippen LogP) is 5.43. The van der Waals surface area contributed by atoms with Crippen LogP contribution in [0, 0.1) is 5.92 Å². The van der Waals surface area contributed by atoms with Gasteiger partial charge in [0.1, 0.15) is 29.6 Å². The number of aliphatic hydroxyl groups excluding tert-OH is 1. The summed E-state index contributed by atoms with van der Waals surface area (Å²) in [7, 11) is -0.237. The van der Waals surface area contributed by atoms with Crippen molar-refractivity contribution in [2.45, 2.75) is 161 Å². The molecule has 0 spiro atoms. The van der Waals surface area contributed by atoms with E-state index in [2.05, 4.69) is 28.1 Å². The van der Waals surface area contributed by atoms with E-state index in [0.717, 1.165) is 24.2 Å². The summed E-state index contributed by atoms with van der Waals surface area (Å²) in [6, 6.07) is 3.62. The average Bonchev–Trinajstić information content (AvgIpc) is 3.27. The summed E-state index contributed by atoms with van der Waals surface area (Å²) in [6.45, 7) is 4.47. The van der Waals surface area contributed by atoms with Crippen LogP contribution in [-0.4, -0.2) is 121 Å². The molecule has 3 rings (SSSR count). The second-order valence-electron chi connectivity index (χ2n) is 18.2. The standard InChI is InChI=1S/C50H75N5O11S/c1-8-9-10-11-12-13-14-15-16-17-18-19-20-21-45(61)54(4)40(32-56)50(65)51-34(3)41(57)26-27-46(62)55(5)47-36-23-25-43(59)38(31-36)37-29-35(22-24-42(37)58)30-39(49(64)53-67(6,7)66)52-48(63)33(2)28-44(47)60/h22-25,29,31,33-34,39-40,47,56,58-59H,6,8-21,26-28,30,32H2,1-5,7H3,(H,51,65)(H,52,63)(H,53,64,66)/t33-,34-,39+,40-,47+,67?/m1/s1. The molecule has 0 radical (unpaired) electrons. The summed E-state index contributed by atoms with van der Waals surface area (Å²) in [5.74, 6) is -2.32. The zero-order valence-electron chi connectivity index (χ0n) is 40.4. The lowest BCUT2D eigenvalue weighted by Gasteiger charge is -2.30. The van der Waals surface area contributed by atoms with E-state index in [4.69, 9.17) is 0 Å². The third-order valence-electron chi connectivity index (χ3n) is 12.4. The van der Waals surface area contributed by atoms with Gasteiger partial charge in [-0.1, -0.05) is 103 Å². The van der Waals surface area contributed by atoms with Crippen LogP contribution in [0.5, 0.6) is 11.5 Å². The number of amides is 5. The van der Waals surface area contributed by atoms with Crippen molar-refractivity contribution in [1.82, 2.24) is 25.2 Å². The predicted molar refractivity (Wildman–Crippen MR) is 260 cm³/mol. The van der Waals surface area contributed by atoms with E-state index in [1.807, 2.05) is 0 Å². The topological polar surface area (TPSA) is 240 Å². The Bertz CT molecular complexity index is 2140. The fourth-order valence-electron chi connectivity index (χ4n) is 8.22. The summed E-state index contributed by atoms with van der Waals surface area (Å²) in [5.41, 5.74) is 0.924. The van der Waals surface area contributed by atoms with Gasteiger partial charge in [0, 0.05) is 79.2 Å². The maximum Gasteiger partial charge on any atom is 0.254 e. The quantitative estimate of drug-likeness (QED) is 0.0542. The van der Waals surface area contributed by atoms with Crippen LogP contribution in [0.2, 0.25) is 0 Å². The van der Waals surface area contributed by atoms with Gasteiger partial charge in [-0.05, 0) is 54.6 Å². The lowest BCUT2D eigenvalue weighted by atomic mass is 9.89. The van der Waals surface area contributed by atoms with E-state index in [0.29, 0.717) is 12.0 Å². The second-order valence-corrected chi connectivity index (χ2v) is 20.4. The number of fused-ring (bicyclic) bond motifs is 5. The summed E-state index contributed by atoms with van der Waals surface area (Å²) >= 11 is 0. The molecule has 1 heterocycles. The number of carbonyl (C=O) groups excluding carboxylic acids is 7. The number of benzene rings is 2. The number of hydrogen-bond acceptors (Lipinski definition) is 11. The zero-order valence-corrected chi connectivity index (χ0v) is 41.2. The molecular formula is C50H75N5O11S. The van der Waals surface area contributed by atoms with Crippen LogP contribution in [0.4, 0.5) is 0 Å². The number of aliphatic hydroxyl groups is 1. The smallest absolute Gasteiger partial charge is 0.254 e. The highest BCUT2D eigenvalue weighted by Crippen LogP contribution is 2.39. The van der Waals surface area contributed by atoms with Crippen molar-refractivity contribution in [2.75, 3.05) is 27.0 Å². The highest BCUT2D eigenvalue weighted by atomic mass is 32.2. The minimum Gasteiger partial charge on any atom is -0.507 e. The Morgan fingerprint density at radius 1 is 0.806 bits per heavy atom. The molecule has 0 saturated heterocycles. The van der Waals surface area contributed by atoms with Gasteiger partial charge in [0.25, 0.3) is 5.91 Å². The number of phenols is 2. The van der Waals surface area contributed by atoms with Crippen LogP contribution >= 0.6 is 0 Å². The van der Waals surface area contributed by atoms with Crippen molar-refractivity contribution in [3.8, 4) is 22.6 Å². The first kappa shape index (κ1) is 56.0. The van der Waals surface area contributed by atoms with Crippen molar-refractivity contribution in [2.24, 2.45) is 5.92 Å². The van der Waals surface area contributed by atoms with E-state index >= 15 is 0 Å². The Morgan fingerprint density at radius 3 is 1.93 bits per heavy atom. The van der Waals surface area contributed by atoms with Gasteiger partial charge in [0.2, 0.25) is 23.6 Å². The number of nitrogens with one attached hydrogen (secondary N) is 3. The van der Waals surface area contributed by atoms with Gasteiger partial charge in [0.05, 0.1) is 12.6 Å². The number of phenolic OH excluding ortho intramolecular Hbond substituents is 2. The van der Waals surface area contributed by atoms with Gasteiger partial charge in [-0.2, -0.15) is 0 Å². The number of Topliss-reactive ketones (excluding diaryl/α,β-unsaturated/α-hetero) is 2. The highest BCUT2D eigenvalue weighted by molar-refractivity contribution is 7.98. The maximum atomic E-state index is 14.2. The van der Waals surface area contributed by atoms with Crippen LogP contribution in [0.25, 0.3) is 11.1 Å². The summed E-state index contributed by atoms with van der Waals surface area (Å²) in [4.78, 5) is 96.6.